The molecule has 1 aromatic carbocycles. The smallest absolute Gasteiger partial charge is 0.238 e. The van der Waals surface area contributed by atoms with E-state index in [1.807, 2.05) is 12.1 Å². The first-order chi connectivity index (χ1) is 14.4. The summed E-state index contributed by atoms with van der Waals surface area (Å²) in [5.74, 6) is 1.76. The van der Waals surface area contributed by atoms with Crippen molar-refractivity contribution in [3.05, 3.63) is 54.0 Å². The van der Waals surface area contributed by atoms with E-state index in [2.05, 4.69) is 20.9 Å². The second-order valence-electron chi connectivity index (χ2n) is 7.10. The SMILES string of the molecule is NS(=O)(=O)c1ccc(CN=C(NCCNC(=O)C2CC2)NCCc2ccco2)cc1. The van der Waals surface area contributed by atoms with Gasteiger partial charge in [0.15, 0.2) is 5.96 Å². The number of nitrogens with one attached hydrogen (secondary N) is 3. The van der Waals surface area contributed by atoms with E-state index in [4.69, 9.17) is 9.56 Å². The zero-order chi connectivity index (χ0) is 21.4. The average molecular weight is 434 g/mol. The van der Waals surface area contributed by atoms with Gasteiger partial charge in [-0.3, -0.25) is 4.79 Å². The topological polar surface area (TPSA) is 139 Å². The first-order valence-corrected chi connectivity index (χ1v) is 11.4. The van der Waals surface area contributed by atoms with Crippen molar-refractivity contribution in [2.45, 2.75) is 30.7 Å². The van der Waals surface area contributed by atoms with Crippen molar-refractivity contribution in [1.29, 1.82) is 0 Å². The van der Waals surface area contributed by atoms with Crippen molar-refractivity contribution in [1.82, 2.24) is 16.0 Å². The summed E-state index contributed by atoms with van der Waals surface area (Å²) in [5.41, 5.74) is 0.844. The number of nitrogens with two attached hydrogens (primary N) is 1. The first-order valence-electron chi connectivity index (χ1n) is 9.86. The molecule has 1 aromatic heterocycles. The number of hydrogen-bond acceptors (Lipinski definition) is 5. The summed E-state index contributed by atoms with van der Waals surface area (Å²) < 4.78 is 28.0. The molecule has 9 nitrogen and oxygen atoms in total. The number of hydrogen-bond donors (Lipinski definition) is 4. The maximum Gasteiger partial charge on any atom is 0.238 e. The first kappa shape index (κ1) is 21.8. The summed E-state index contributed by atoms with van der Waals surface area (Å²) in [7, 11) is -3.71. The van der Waals surface area contributed by atoms with Crippen LogP contribution >= 0.6 is 0 Å². The fourth-order valence-electron chi connectivity index (χ4n) is 2.74. The molecule has 0 atom stereocenters. The minimum atomic E-state index is -3.71. The van der Waals surface area contributed by atoms with Gasteiger partial charge in [0.2, 0.25) is 15.9 Å². The van der Waals surface area contributed by atoms with Gasteiger partial charge in [0, 0.05) is 32.0 Å². The summed E-state index contributed by atoms with van der Waals surface area (Å²) in [6.07, 6.45) is 4.29. The van der Waals surface area contributed by atoms with Crippen LogP contribution in [0.5, 0.6) is 0 Å². The van der Waals surface area contributed by atoms with Crippen molar-refractivity contribution in [2.24, 2.45) is 16.0 Å². The van der Waals surface area contributed by atoms with E-state index >= 15 is 0 Å². The monoisotopic (exact) mass is 433 g/mol. The molecule has 0 aliphatic heterocycles. The standard InChI is InChI=1S/C20H27N5O4S/c21-30(27,28)18-7-3-15(4-8-18)14-25-20(23-10-9-17-2-1-13-29-17)24-12-11-22-19(26)16-5-6-16/h1-4,7-8,13,16H,5-6,9-12,14H2,(H,22,26)(H2,21,27,28)(H2,23,24,25). The van der Waals surface area contributed by atoms with Crippen LogP contribution in [-0.2, 0) is 27.8 Å². The molecule has 3 rings (SSSR count). The third-order valence-electron chi connectivity index (χ3n) is 4.58. The van der Waals surface area contributed by atoms with Crippen LogP contribution in [0.3, 0.4) is 0 Å². The van der Waals surface area contributed by atoms with Gasteiger partial charge < -0.3 is 20.4 Å². The van der Waals surface area contributed by atoms with Crippen LogP contribution in [0.4, 0.5) is 0 Å². The Morgan fingerprint density at radius 3 is 2.40 bits per heavy atom. The largest absolute Gasteiger partial charge is 0.469 e. The fourth-order valence-corrected chi connectivity index (χ4v) is 3.26. The molecule has 0 saturated heterocycles. The van der Waals surface area contributed by atoms with E-state index in [0.717, 1.165) is 24.2 Å². The Balaban J connectivity index is 1.52. The highest BCUT2D eigenvalue weighted by Gasteiger charge is 2.28. The number of rotatable bonds is 10. The summed E-state index contributed by atoms with van der Waals surface area (Å²) in [6, 6.07) is 10.0. The molecule has 0 unspecified atom stereocenters. The second kappa shape index (κ2) is 10.3. The third kappa shape index (κ3) is 7.20. The molecule has 162 valence electrons. The van der Waals surface area contributed by atoms with E-state index in [0.29, 0.717) is 38.6 Å². The quantitative estimate of drug-likeness (QED) is 0.247. The molecule has 1 amide bonds. The predicted octanol–water partition coefficient (Wildman–Crippen LogP) is 0.731. The Morgan fingerprint density at radius 1 is 1.07 bits per heavy atom. The van der Waals surface area contributed by atoms with E-state index < -0.39 is 10.0 Å². The van der Waals surface area contributed by atoms with Crippen LogP contribution in [-0.4, -0.2) is 39.9 Å². The summed E-state index contributed by atoms with van der Waals surface area (Å²) in [6.45, 7) is 2.03. The molecule has 1 aliphatic rings. The molecule has 30 heavy (non-hydrogen) atoms. The molecule has 1 aliphatic carbocycles. The molecule has 1 fully saturated rings. The summed E-state index contributed by atoms with van der Waals surface area (Å²) in [5, 5.41) is 14.5. The highest BCUT2D eigenvalue weighted by molar-refractivity contribution is 7.89. The van der Waals surface area contributed by atoms with Gasteiger partial charge in [-0.15, -0.1) is 0 Å². The van der Waals surface area contributed by atoms with Crippen LogP contribution in [0.1, 0.15) is 24.2 Å². The number of nitrogens with zero attached hydrogens (tertiary/aromatic N) is 1. The lowest BCUT2D eigenvalue weighted by Gasteiger charge is -2.13. The van der Waals surface area contributed by atoms with Crippen molar-refractivity contribution < 1.29 is 17.6 Å². The number of amides is 1. The Kier molecular flexibility index (Phi) is 7.47. The zero-order valence-electron chi connectivity index (χ0n) is 16.6. The molecular formula is C20H27N5O4S. The highest BCUT2D eigenvalue weighted by atomic mass is 32.2. The molecule has 0 bridgehead atoms. The van der Waals surface area contributed by atoms with Gasteiger partial charge in [-0.25, -0.2) is 18.5 Å². The number of sulfonamides is 1. The normalized spacial score (nSPS) is 14.4. The molecule has 2 aromatic rings. The molecule has 1 heterocycles. The van der Waals surface area contributed by atoms with E-state index in [9.17, 15) is 13.2 Å². The fraction of sp³-hybridized carbons (Fsp3) is 0.400. The number of aliphatic imine (C=N–C) groups is 1. The number of carbonyl (C=O) groups excluding carboxylic acids is 1. The number of guanidine groups is 1. The Bertz CT molecular complexity index is 952. The molecule has 1 saturated carbocycles. The zero-order valence-corrected chi connectivity index (χ0v) is 17.5. The lowest BCUT2D eigenvalue weighted by atomic mass is 10.2. The van der Waals surface area contributed by atoms with E-state index in [-0.39, 0.29) is 16.7 Å². The Hall–Kier alpha value is -2.85. The number of benzene rings is 1. The third-order valence-corrected chi connectivity index (χ3v) is 5.51. The van der Waals surface area contributed by atoms with Crippen molar-refractivity contribution >= 4 is 21.9 Å². The van der Waals surface area contributed by atoms with Gasteiger partial charge in [-0.2, -0.15) is 0 Å². The molecule has 5 N–H and O–H groups in total. The van der Waals surface area contributed by atoms with Gasteiger partial charge in [0.05, 0.1) is 17.7 Å². The average Bonchev–Trinajstić information content (AvgIpc) is 3.45. The van der Waals surface area contributed by atoms with Crippen LogP contribution in [0.15, 0.2) is 57.0 Å². The Morgan fingerprint density at radius 2 is 1.77 bits per heavy atom. The van der Waals surface area contributed by atoms with Gasteiger partial charge >= 0.3 is 0 Å². The minimum absolute atomic E-state index is 0.0663. The van der Waals surface area contributed by atoms with Crippen LogP contribution in [0.2, 0.25) is 0 Å². The van der Waals surface area contributed by atoms with Gasteiger partial charge in [0.1, 0.15) is 5.76 Å². The lowest BCUT2D eigenvalue weighted by Crippen LogP contribution is -2.42. The maximum atomic E-state index is 11.7. The maximum absolute atomic E-state index is 11.7. The van der Waals surface area contributed by atoms with Crippen LogP contribution in [0, 0.1) is 5.92 Å². The molecule has 0 radical (unpaired) electrons. The summed E-state index contributed by atoms with van der Waals surface area (Å²) >= 11 is 0. The van der Waals surface area contributed by atoms with Crippen molar-refractivity contribution in [3.63, 3.8) is 0 Å². The number of carbonyl (C=O) groups is 1. The summed E-state index contributed by atoms with van der Waals surface area (Å²) in [4.78, 5) is 16.3. The predicted molar refractivity (Wildman–Crippen MR) is 113 cm³/mol. The van der Waals surface area contributed by atoms with Crippen molar-refractivity contribution in [2.75, 3.05) is 19.6 Å². The molecule has 10 heteroatoms. The number of furan rings is 1. The van der Waals surface area contributed by atoms with E-state index in [1.54, 1.807) is 18.4 Å². The van der Waals surface area contributed by atoms with Gasteiger partial charge in [-0.1, -0.05) is 12.1 Å². The van der Waals surface area contributed by atoms with Gasteiger partial charge in [0.25, 0.3) is 0 Å². The minimum Gasteiger partial charge on any atom is -0.469 e. The van der Waals surface area contributed by atoms with Crippen LogP contribution in [0.25, 0.3) is 0 Å². The van der Waals surface area contributed by atoms with Crippen molar-refractivity contribution in [3.8, 4) is 0 Å². The highest BCUT2D eigenvalue weighted by Crippen LogP contribution is 2.28. The van der Waals surface area contributed by atoms with Crippen LogP contribution < -0.4 is 21.1 Å². The van der Waals surface area contributed by atoms with Gasteiger partial charge in [-0.05, 0) is 42.7 Å². The number of primary sulfonamides is 1. The Labute approximate surface area is 176 Å². The molecule has 0 spiro atoms. The lowest BCUT2D eigenvalue weighted by molar-refractivity contribution is -0.122. The molecular weight excluding hydrogens is 406 g/mol. The second-order valence-corrected chi connectivity index (χ2v) is 8.66. The van der Waals surface area contributed by atoms with E-state index in [1.165, 1.54) is 12.1 Å².